The lowest BCUT2D eigenvalue weighted by Gasteiger charge is -2.16. The molecule has 114 valence electrons. The van der Waals surface area contributed by atoms with Gasteiger partial charge in [-0.15, -0.1) is 0 Å². The molecule has 0 bridgehead atoms. The highest BCUT2D eigenvalue weighted by Gasteiger charge is 2.22. The monoisotopic (exact) mass is 317 g/mol. The first kappa shape index (κ1) is 14.8. The maximum absolute atomic E-state index is 9.30. The summed E-state index contributed by atoms with van der Waals surface area (Å²) in [5.41, 5.74) is 6.87. The average molecular weight is 318 g/mol. The van der Waals surface area contributed by atoms with Gasteiger partial charge >= 0.3 is 0 Å². The Kier molecular flexibility index (Phi) is 4.23. The number of nitrogens with two attached hydrogens (primary N) is 1. The van der Waals surface area contributed by atoms with Crippen LogP contribution in [0.5, 0.6) is 11.6 Å². The van der Waals surface area contributed by atoms with E-state index in [2.05, 4.69) is 6.07 Å². The van der Waals surface area contributed by atoms with Gasteiger partial charge in [-0.05, 0) is 25.0 Å². The van der Waals surface area contributed by atoms with E-state index in [0.29, 0.717) is 34.6 Å². The number of anilines is 1. The largest absolute Gasteiger partial charge is 0.437 e. The summed E-state index contributed by atoms with van der Waals surface area (Å²) in [5, 5.41) is 9.79. The maximum Gasteiger partial charge on any atom is 0.224 e. The maximum atomic E-state index is 9.30. The molecule has 0 spiro atoms. The molecule has 2 heterocycles. The molecule has 1 fully saturated rings. The van der Waals surface area contributed by atoms with Gasteiger partial charge in [0.25, 0.3) is 0 Å². The number of hydrogen-bond donors (Lipinski definition) is 1. The lowest BCUT2D eigenvalue weighted by Crippen LogP contribution is -2.16. The lowest BCUT2D eigenvalue weighted by molar-refractivity contribution is 0.0952. The van der Waals surface area contributed by atoms with Crippen LogP contribution in [0.25, 0.3) is 0 Å². The van der Waals surface area contributed by atoms with Crippen LogP contribution in [0.15, 0.2) is 30.3 Å². The van der Waals surface area contributed by atoms with Crippen molar-refractivity contribution in [3.63, 3.8) is 0 Å². The fourth-order valence-electron chi connectivity index (χ4n) is 2.56. The van der Waals surface area contributed by atoms with Gasteiger partial charge in [-0.3, -0.25) is 4.57 Å². The molecule has 1 atom stereocenters. The van der Waals surface area contributed by atoms with Gasteiger partial charge in [0, 0.05) is 12.7 Å². The van der Waals surface area contributed by atoms with Gasteiger partial charge in [-0.1, -0.05) is 23.7 Å². The zero-order chi connectivity index (χ0) is 15.5. The highest BCUT2D eigenvalue weighted by Crippen LogP contribution is 2.35. The Morgan fingerprint density at radius 1 is 1.45 bits per heavy atom. The zero-order valence-corrected chi connectivity index (χ0v) is 12.7. The summed E-state index contributed by atoms with van der Waals surface area (Å²) < 4.78 is 13.3. The molecular weight excluding hydrogens is 302 g/mol. The fourth-order valence-corrected chi connectivity index (χ4v) is 2.74. The fraction of sp³-hybridized carbons (Fsp3) is 0.312. The number of nitriles is 1. The molecule has 2 aromatic rings. The van der Waals surface area contributed by atoms with Crippen molar-refractivity contribution in [3.05, 3.63) is 41.0 Å². The van der Waals surface area contributed by atoms with E-state index in [9.17, 15) is 5.26 Å². The van der Waals surface area contributed by atoms with Gasteiger partial charge < -0.3 is 15.2 Å². The van der Waals surface area contributed by atoms with Crippen LogP contribution in [-0.4, -0.2) is 17.3 Å². The number of hydrogen-bond acceptors (Lipinski definition) is 4. The van der Waals surface area contributed by atoms with Crippen LogP contribution in [0.1, 0.15) is 18.5 Å². The van der Waals surface area contributed by atoms with Crippen molar-refractivity contribution in [1.82, 2.24) is 4.57 Å². The quantitative estimate of drug-likeness (QED) is 0.935. The normalized spacial score (nSPS) is 17.4. The Labute approximate surface area is 133 Å². The van der Waals surface area contributed by atoms with Crippen LogP contribution in [0.2, 0.25) is 5.02 Å². The third-order valence-electron chi connectivity index (χ3n) is 3.64. The number of rotatable bonds is 4. The van der Waals surface area contributed by atoms with Gasteiger partial charge in [-0.25, -0.2) is 0 Å². The highest BCUT2D eigenvalue weighted by molar-refractivity contribution is 6.32. The van der Waals surface area contributed by atoms with Crippen molar-refractivity contribution < 1.29 is 9.47 Å². The van der Waals surface area contributed by atoms with Gasteiger partial charge in [0.1, 0.15) is 17.5 Å². The lowest BCUT2D eigenvalue weighted by atomic mass is 10.2. The van der Waals surface area contributed by atoms with Crippen LogP contribution in [-0.2, 0) is 11.3 Å². The summed E-state index contributed by atoms with van der Waals surface area (Å²) >= 11 is 6.13. The smallest absolute Gasteiger partial charge is 0.224 e. The predicted octanol–water partition coefficient (Wildman–Crippen LogP) is 3.57. The molecule has 6 heteroatoms. The molecule has 0 saturated carbocycles. The van der Waals surface area contributed by atoms with E-state index in [-0.39, 0.29) is 6.10 Å². The van der Waals surface area contributed by atoms with E-state index in [0.717, 1.165) is 19.4 Å². The summed E-state index contributed by atoms with van der Waals surface area (Å²) in [6, 6.07) is 10.9. The molecule has 1 aromatic carbocycles. The van der Waals surface area contributed by atoms with Crippen molar-refractivity contribution in [1.29, 1.82) is 5.26 Å². The minimum Gasteiger partial charge on any atom is -0.437 e. The molecule has 3 rings (SSSR count). The standard InChI is InChI=1S/C16H16ClN3O2/c17-13-5-1-2-6-15(13)22-16-14(19)8-11(9-18)20(16)10-12-4-3-7-21-12/h1-2,5-6,8,12H,3-4,7,10,19H2. The van der Waals surface area contributed by atoms with Crippen LogP contribution >= 0.6 is 11.6 Å². The Balaban J connectivity index is 1.94. The van der Waals surface area contributed by atoms with E-state index in [1.165, 1.54) is 0 Å². The molecule has 0 radical (unpaired) electrons. The first-order chi connectivity index (χ1) is 10.7. The number of nitrogen functional groups attached to an aromatic ring is 1. The minimum absolute atomic E-state index is 0.0764. The SMILES string of the molecule is N#Cc1cc(N)c(Oc2ccccc2Cl)n1CC1CCCO1. The Hall–Kier alpha value is -2.16. The molecule has 1 aromatic heterocycles. The Bertz CT molecular complexity index is 715. The van der Waals surface area contributed by atoms with Gasteiger partial charge in [0.15, 0.2) is 0 Å². The highest BCUT2D eigenvalue weighted by atomic mass is 35.5. The zero-order valence-electron chi connectivity index (χ0n) is 12.0. The number of para-hydroxylation sites is 1. The molecule has 2 N–H and O–H groups in total. The van der Waals surface area contributed by atoms with Gasteiger partial charge in [-0.2, -0.15) is 5.26 Å². The summed E-state index contributed by atoms with van der Waals surface area (Å²) in [4.78, 5) is 0. The van der Waals surface area contributed by atoms with Crippen LogP contribution in [0.3, 0.4) is 0 Å². The number of ether oxygens (including phenoxy) is 2. The van der Waals surface area contributed by atoms with Crippen molar-refractivity contribution in [2.24, 2.45) is 0 Å². The molecule has 0 amide bonds. The van der Waals surface area contributed by atoms with Crippen LogP contribution < -0.4 is 10.5 Å². The van der Waals surface area contributed by atoms with E-state index in [4.69, 9.17) is 26.8 Å². The van der Waals surface area contributed by atoms with Crippen molar-refractivity contribution in [2.75, 3.05) is 12.3 Å². The Morgan fingerprint density at radius 3 is 2.95 bits per heavy atom. The van der Waals surface area contributed by atoms with E-state index >= 15 is 0 Å². The number of benzene rings is 1. The molecule has 1 saturated heterocycles. The Morgan fingerprint density at radius 2 is 2.27 bits per heavy atom. The van der Waals surface area contributed by atoms with E-state index < -0.39 is 0 Å². The number of nitrogens with zero attached hydrogens (tertiary/aromatic N) is 2. The molecular formula is C16H16ClN3O2. The number of aromatic nitrogens is 1. The van der Waals surface area contributed by atoms with Crippen LogP contribution in [0, 0.1) is 11.3 Å². The van der Waals surface area contributed by atoms with Crippen molar-refractivity contribution in [3.8, 4) is 17.7 Å². The summed E-state index contributed by atoms with van der Waals surface area (Å²) in [6.07, 6.45) is 2.07. The minimum atomic E-state index is 0.0764. The second-order valence-corrected chi connectivity index (χ2v) is 5.59. The van der Waals surface area contributed by atoms with Gasteiger partial charge in [0.2, 0.25) is 5.88 Å². The molecule has 1 unspecified atom stereocenters. The van der Waals surface area contributed by atoms with Gasteiger partial charge in [0.05, 0.1) is 23.4 Å². The third kappa shape index (κ3) is 2.89. The predicted molar refractivity (Wildman–Crippen MR) is 84.1 cm³/mol. The molecule has 1 aliphatic rings. The second kappa shape index (κ2) is 6.30. The average Bonchev–Trinajstić information content (AvgIpc) is 3.12. The molecule has 22 heavy (non-hydrogen) atoms. The summed E-state index contributed by atoms with van der Waals surface area (Å²) in [5.74, 6) is 0.937. The first-order valence-corrected chi connectivity index (χ1v) is 7.50. The summed E-state index contributed by atoms with van der Waals surface area (Å²) in [6.45, 7) is 1.30. The molecule has 5 nitrogen and oxygen atoms in total. The van der Waals surface area contributed by atoms with E-state index in [1.54, 1.807) is 22.8 Å². The van der Waals surface area contributed by atoms with Crippen molar-refractivity contribution in [2.45, 2.75) is 25.5 Å². The van der Waals surface area contributed by atoms with E-state index in [1.807, 2.05) is 12.1 Å². The molecule has 0 aliphatic carbocycles. The second-order valence-electron chi connectivity index (χ2n) is 5.18. The third-order valence-corrected chi connectivity index (χ3v) is 3.96. The number of halogens is 1. The van der Waals surface area contributed by atoms with Crippen LogP contribution in [0.4, 0.5) is 5.69 Å². The summed E-state index contributed by atoms with van der Waals surface area (Å²) in [7, 11) is 0. The molecule has 1 aliphatic heterocycles. The van der Waals surface area contributed by atoms with Crippen molar-refractivity contribution >= 4 is 17.3 Å². The first-order valence-electron chi connectivity index (χ1n) is 7.12. The topological polar surface area (TPSA) is 73.2 Å².